The number of hydrogen-bond acceptors (Lipinski definition) is 6. The van der Waals surface area contributed by atoms with E-state index in [-0.39, 0.29) is 27.9 Å². The van der Waals surface area contributed by atoms with E-state index in [9.17, 15) is 0 Å². The van der Waals surface area contributed by atoms with Crippen molar-refractivity contribution in [3.63, 3.8) is 0 Å². The van der Waals surface area contributed by atoms with Gasteiger partial charge in [0.25, 0.3) is 0 Å². The van der Waals surface area contributed by atoms with Crippen LogP contribution in [-0.4, -0.2) is 9.97 Å². The fourth-order valence-electron chi connectivity index (χ4n) is 5.38. The van der Waals surface area contributed by atoms with Gasteiger partial charge in [-0.05, 0) is 47.2 Å². The van der Waals surface area contributed by atoms with Gasteiger partial charge in [0.1, 0.15) is 22.5 Å². The van der Waals surface area contributed by atoms with Crippen molar-refractivity contribution in [2.75, 3.05) is 0 Å². The van der Waals surface area contributed by atoms with Gasteiger partial charge in [0.15, 0.2) is 11.2 Å². The normalized spacial score (nSPS) is 15.6. The number of aromatic nitrogens is 2. The minimum Gasteiger partial charge on any atom is -0.624 e. The molecule has 0 saturated heterocycles. The molecule has 241 valence electrons. The van der Waals surface area contributed by atoms with Crippen molar-refractivity contribution < 1.29 is 35.4 Å². The summed E-state index contributed by atoms with van der Waals surface area (Å²) in [6, 6.07) is 31.0. The predicted octanol–water partition coefficient (Wildman–Crippen LogP) is 11.3. The fourth-order valence-corrected chi connectivity index (χ4v) is 5.38. The molecule has 2 aromatic heterocycles. The number of fused-ring (bicyclic) bond motifs is 4. The summed E-state index contributed by atoms with van der Waals surface area (Å²) in [4.78, 5) is 9.24. The van der Waals surface area contributed by atoms with E-state index in [4.69, 9.17) is 18.3 Å². The average molecular weight is 674 g/mol. The molecule has 0 saturated carbocycles. The first kappa shape index (κ1) is 32.0. The Balaban J connectivity index is 0.000000161. The Labute approximate surface area is 284 Å². The van der Waals surface area contributed by atoms with Crippen molar-refractivity contribution in [2.45, 2.75) is 41.5 Å². The molecule has 47 heavy (non-hydrogen) atoms. The van der Waals surface area contributed by atoms with Crippen LogP contribution < -0.4 is 9.47 Å². The summed E-state index contributed by atoms with van der Waals surface area (Å²) in [5.41, 5.74) is 6.15. The Kier molecular flexibility index (Phi) is 8.38. The molecule has 8 nitrogen and oxygen atoms in total. The molecule has 2 aliphatic rings. The van der Waals surface area contributed by atoms with Gasteiger partial charge in [-0.2, -0.15) is 0 Å². The van der Waals surface area contributed by atoms with Gasteiger partial charge >= 0.3 is 17.1 Å². The van der Waals surface area contributed by atoms with Gasteiger partial charge in [-0.1, -0.05) is 114 Å². The van der Waals surface area contributed by atoms with E-state index in [0.29, 0.717) is 23.5 Å². The number of hydrogen-bond donors (Lipinski definition) is 0. The quantitative estimate of drug-likeness (QED) is 0.170. The maximum Gasteiger partial charge on any atom is 2.00 e. The summed E-state index contributed by atoms with van der Waals surface area (Å²) in [5, 5.41) is 9.24. The third kappa shape index (κ3) is 6.37. The van der Waals surface area contributed by atoms with Crippen LogP contribution in [0.25, 0.3) is 44.0 Å². The van der Waals surface area contributed by atoms with Gasteiger partial charge in [-0.15, -0.1) is 0 Å². The molecule has 0 amide bonds. The molecule has 4 aromatic carbocycles. The third-order valence-corrected chi connectivity index (χ3v) is 7.53. The Hall–Kier alpha value is -4.98. The molecule has 0 N–H and O–H groups in total. The van der Waals surface area contributed by atoms with E-state index in [0.717, 1.165) is 56.2 Å². The van der Waals surface area contributed by atoms with Crippen molar-refractivity contribution >= 4 is 44.7 Å². The van der Waals surface area contributed by atoms with Crippen LogP contribution >= 0.6 is 0 Å². The average Bonchev–Trinajstić information content (AvgIpc) is 3.79. The summed E-state index contributed by atoms with van der Waals surface area (Å²) in [6.07, 6.45) is 0. The largest absolute Gasteiger partial charge is 2.00 e. The van der Waals surface area contributed by atoms with Crippen LogP contribution in [-0.2, 0) is 17.1 Å². The van der Waals surface area contributed by atoms with E-state index in [1.165, 1.54) is 0 Å². The van der Waals surface area contributed by atoms with E-state index in [1.807, 2.05) is 97.1 Å². The third-order valence-electron chi connectivity index (χ3n) is 7.53. The monoisotopic (exact) mass is 673 g/mol. The summed E-state index contributed by atoms with van der Waals surface area (Å²) >= 11 is 0. The number of para-hydroxylation sites is 8. The Morgan fingerprint density at radius 2 is 0.872 bits per heavy atom. The van der Waals surface area contributed by atoms with Gasteiger partial charge in [0, 0.05) is 22.9 Å². The van der Waals surface area contributed by atoms with Crippen LogP contribution in [0.2, 0.25) is 0 Å². The van der Waals surface area contributed by atoms with Crippen LogP contribution in [0.5, 0.6) is 11.5 Å². The second-order valence-corrected chi connectivity index (χ2v) is 13.2. The SMILES string of the molecule is CC(C)(C)/C(=C1/[N-]c2ccccc2O1)c1nc2ccccc2o1.CC(C)(C)/C(=C1/[N-]c2ccccc2O1)c1nc2ccccc2o1.[Cu+2]. The molecule has 4 heterocycles. The molecule has 0 aliphatic carbocycles. The molecule has 9 heteroatoms. The van der Waals surface area contributed by atoms with E-state index in [2.05, 4.69) is 62.1 Å². The molecule has 1 radical (unpaired) electrons. The Morgan fingerprint density at radius 3 is 1.23 bits per heavy atom. The smallest absolute Gasteiger partial charge is 0.624 e. The Morgan fingerprint density at radius 1 is 0.511 bits per heavy atom. The van der Waals surface area contributed by atoms with Gasteiger partial charge in [0.05, 0.1) is 0 Å². The second kappa shape index (κ2) is 12.3. The van der Waals surface area contributed by atoms with Crippen LogP contribution in [0.4, 0.5) is 11.4 Å². The van der Waals surface area contributed by atoms with E-state index < -0.39 is 0 Å². The zero-order valence-electron chi connectivity index (χ0n) is 27.0. The molecule has 8 rings (SSSR count). The molecule has 0 fully saturated rings. The van der Waals surface area contributed by atoms with Gasteiger partial charge < -0.3 is 28.9 Å². The standard InChI is InChI=1S/2C19H17N2O2.Cu/c2*1-19(2,3)16(17-20-12-8-4-6-10-14(12)22-17)18-21-13-9-5-7-11-15(13)23-18;/h2*4-11H,1-3H3;/q2*-1;+2/b2*17-16-;. The zero-order chi connectivity index (χ0) is 32.1. The number of oxazole rings is 2. The molecular weight excluding hydrogens is 640 g/mol. The van der Waals surface area contributed by atoms with Crippen molar-refractivity contribution in [1.82, 2.24) is 9.97 Å². The Bertz CT molecular complexity index is 1870. The minimum absolute atomic E-state index is 0. The molecular formula is C38H34CuN4O4. The van der Waals surface area contributed by atoms with Crippen LogP contribution in [0.15, 0.2) is 118 Å². The maximum absolute atomic E-state index is 5.96. The first-order valence-corrected chi connectivity index (χ1v) is 15.2. The van der Waals surface area contributed by atoms with Gasteiger partial charge in [0.2, 0.25) is 11.8 Å². The van der Waals surface area contributed by atoms with Crippen LogP contribution in [0.1, 0.15) is 53.3 Å². The molecule has 0 atom stereocenters. The van der Waals surface area contributed by atoms with Gasteiger partial charge in [-0.3, -0.25) is 0 Å². The van der Waals surface area contributed by atoms with Crippen molar-refractivity contribution in [2.24, 2.45) is 10.8 Å². The first-order chi connectivity index (χ1) is 22.0. The second-order valence-electron chi connectivity index (χ2n) is 13.2. The molecule has 2 aliphatic heterocycles. The van der Waals surface area contributed by atoms with Crippen LogP contribution in [0, 0.1) is 10.8 Å². The number of rotatable bonds is 2. The number of benzene rings is 4. The number of ether oxygens (including phenoxy) is 2. The molecule has 0 unspecified atom stereocenters. The molecule has 6 aromatic rings. The minimum atomic E-state index is -0.220. The topological polar surface area (TPSA) is 98.7 Å². The number of allylic oxidation sites excluding steroid dienone is 2. The maximum atomic E-state index is 5.96. The first-order valence-electron chi connectivity index (χ1n) is 15.2. The molecule has 0 spiro atoms. The zero-order valence-corrected chi connectivity index (χ0v) is 27.9. The van der Waals surface area contributed by atoms with Crippen molar-refractivity contribution in [3.8, 4) is 11.5 Å². The number of nitrogens with zero attached hydrogens (tertiary/aromatic N) is 4. The summed E-state index contributed by atoms with van der Waals surface area (Å²) in [6.45, 7) is 12.6. The summed E-state index contributed by atoms with van der Waals surface area (Å²) in [5.74, 6) is 3.77. The van der Waals surface area contributed by atoms with Crippen molar-refractivity contribution in [1.29, 1.82) is 0 Å². The van der Waals surface area contributed by atoms with Crippen LogP contribution in [0.3, 0.4) is 0 Å². The van der Waals surface area contributed by atoms with Crippen molar-refractivity contribution in [3.05, 3.63) is 131 Å². The van der Waals surface area contributed by atoms with E-state index in [1.54, 1.807) is 0 Å². The van der Waals surface area contributed by atoms with Gasteiger partial charge in [-0.25, -0.2) is 9.97 Å². The molecule has 0 bridgehead atoms. The summed E-state index contributed by atoms with van der Waals surface area (Å²) < 4.78 is 23.8. The fraction of sp³-hybridized carbons (Fsp3) is 0.211. The van der Waals surface area contributed by atoms with E-state index >= 15 is 0 Å². The summed E-state index contributed by atoms with van der Waals surface area (Å²) in [7, 11) is 0. The predicted molar refractivity (Wildman–Crippen MR) is 181 cm³/mol.